The molecule has 440 valence electrons. The van der Waals surface area contributed by atoms with Crippen molar-refractivity contribution in [2.24, 2.45) is 0 Å². The maximum absolute atomic E-state index is 12.4. The van der Waals surface area contributed by atoms with Gasteiger partial charge in [0.15, 0.2) is 0 Å². The van der Waals surface area contributed by atoms with Crippen LogP contribution in [0.3, 0.4) is 0 Å². The second-order valence-corrected chi connectivity index (χ2v) is 22.8. The number of nitrogens with one attached hydrogen (secondary N) is 1. The first-order valence-electron chi connectivity index (χ1n) is 33.4. The third-order valence-corrected chi connectivity index (χ3v) is 15.3. The Morgan fingerprint density at radius 1 is 0.373 bits per heavy atom. The van der Waals surface area contributed by atoms with Gasteiger partial charge in [0, 0.05) is 12.8 Å². The molecule has 0 aromatic heterocycles. The van der Waals surface area contributed by atoms with E-state index in [2.05, 4.69) is 55.6 Å². The monoisotopic (exact) mass is 1050 g/mol. The van der Waals surface area contributed by atoms with Crippen molar-refractivity contribution >= 4 is 11.9 Å². The second-order valence-electron chi connectivity index (χ2n) is 22.8. The van der Waals surface area contributed by atoms with E-state index in [0.29, 0.717) is 19.4 Å². The highest BCUT2D eigenvalue weighted by Gasteiger charge is 2.18. The van der Waals surface area contributed by atoms with Crippen molar-refractivity contribution in [3.63, 3.8) is 0 Å². The summed E-state index contributed by atoms with van der Waals surface area (Å²) in [5.41, 5.74) is 0. The van der Waals surface area contributed by atoms with Gasteiger partial charge in [-0.1, -0.05) is 300 Å². The van der Waals surface area contributed by atoms with E-state index in [1.165, 1.54) is 276 Å². The molecule has 0 heterocycles. The van der Waals surface area contributed by atoms with Gasteiger partial charge in [0.25, 0.3) is 0 Å². The minimum Gasteiger partial charge on any atom is -0.466 e. The number of hydrogen-bond acceptors (Lipinski definition) is 5. The molecule has 6 nitrogen and oxygen atoms in total. The van der Waals surface area contributed by atoms with Gasteiger partial charge >= 0.3 is 5.97 Å². The Labute approximate surface area is 467 Å². The van der Waals surface area contributed by atoms with Crippen LogP contribution in [0.5, 0.6) is 0 Å². The number of amides is 1. The quantitative estimate of drug-likeness (QED) is 0.0320. The molecule has 0 aliphatic rings. The molecule has 0 rings (SSSR count). The Kier molecular flexibility index (Phi) is 62.5. The number of rotatable bonds is 62. The van der Waals surface area contributed by atoms with E-state index in [9.17, 15) is 19.8 Å². The van der Waals surface area contributed by atoms with Gasteiger partial charge in [0.2, 0.25) is 5.91 Å². The van der Waals surface area contributed by atoms with Gasteiger partial charge in [-0.2, -0.15) is 0 Å². The highest BCUT2D eigenvalue weighted by atomic mass is 16.5. The molecule has 6 heteroatoms. The van der Waals surface area contributed by atoms with Crippen LogP contribution in [0.25, 0.3) is 0 Å². The molecule has 2 unspecified atom stereocenters. The van der Waals surface area contributed by atoms with Crippen LogP contribution in [0.1, 0.15) is 354 Å². The molecule has 0 aromatic carbocycles. The molecule has 3 N–H and O–H groups in total. The standard InChI is InChI=1S/C69H129NO5/c1-3-5-7-9-11-13-15-16-17-36-39-43-47-51-55-59-63-69(74)75-64-60-56-52-48-44-40-37-34-32-30-28-26-24-22-20-18-19-21-23-25-27-29-31-33-35-38-42-46-50-54-58-62-68(73)70-66(65-71)67(72)61-57-53-49-45-41-14-12-10-8-6-4-2/h17,20,22,26,28,36,57,61,66-67,71-72H,3-16,18-19,21,23-25,27,29-35,37-56,58-60,62-65H2,1-2H3,(H,70,73)/b22-20-,28-26-,36-17-,61-57+. The van der Waals surface area contributed by atoms with Gasteiger partial charge in [0.1, 0.15) is 0 Å². The van der Waals surface area contributed by atoms with E-state index in [-0.39, 0.29) is 18.5 Å². The number of esters is 1. The predicted octanol–water partition coefficient (Wildman–Crippen LogP) is 21.3. The zero-order chi connectivity index (χ0) is 54.3. The first kappa shape index (κ1) is 72.8. The molecule has 0 saturated carbocycles. The number of ether oxygens (including phenoxy) is 1. The van der Waals surface area contributed by atoms with Crippen molar-refractivity contribution in [3.05, 3.63) is 48.6 Å². The Morgan fingerprint density at radius 2 is 0.667 bits per heavy atom. The third kappa shape index (κ3) is 60.9. The Morgan fingerprint density at radius 3 is 1.03 bits per heavy atom. The van der Waals surface area contributed by atoms with Crippen molar-refractivity contribution in [1.29, 1.82) is 0 Å². The molecule has 75 heavy (non-hydrogen) atoms. The molecule has 0 aromatic rings. The van der Waals surface area contributed by atoms with E-state index in [4.69, 9.17) is 4.74 Å². The average molecular weight is 1050 g/mol. The average Bonchev–Trinajstić information content (AvgIpc) is 3.41. The molecule has 0 bridgehead atoms. The van der Waals surface area contributed by atoms with Crippen LogP contribution in [0.2, 0.25) is 0 Å². The lowest BCUT2D eigenvalue weighted by molar-refractivity contribution is -0.143. The molecule has 0 radical (unpaired) electrons. The van der Waals surface area contributed by atoms with Gasteiger partial charge in [0.05, 0.1) is 25.4 Å². The fourth-order valence-electron chi connectivity index (χ4n) is 10.2. The van der Waals surface area contributed by atoms with Crippen molar-refractivity contribution in [2.45, 2.75) is 366 Å². The third-order valence-electron chi connectivity index (χ3n) is 15.3. The minimum atomic E-state index is -0.843. The molecule has 0 fully saturated rings. The van der Waals surface area contributed by atoms with Crippen LogP contribution in [-0.4, -0.2) is 47.4 Å². The Balaban J connectivity index is 3.39. The minimum absolute atomic E-state index is 0.00536. The van der Waals surface area contributed by atoms with E-state index < -0.39 is 12.1 Å². The zero-order valence-electron chi connectivity index (χ0n) is 50.3. The first-order chi connectivity index (χ1) is 37.0. The summed E-state index contributed by atoms with van der Waals surface area (Å²) in [4.78, 5) is 24.5. The summed E-state index contributed by atoms with van der Waals surface area (Å²) in [5.74, 6) is -0.0628. The van der Waals surface area contributed by atoms with Crippen LogP contribution >= 0.6 is 0 Å². The number of carbonyl (C=O) groups excluding carboxylic acids is 2. The number of aliphatic hydroxyl groups is 2. The van der Waals surface area contributed by atoms with Crippen LogP contribution in [-0.2, 0) is 14.3 Å². The SMILES string of the molecule is CCCCCCCCC/C=C\CCCCCCCC(=O)OCCCCCCCCCCC/C=C\C/C=C\CCCCCCCCCCCCCCCCCC(=O)NC(CO)C(O)/C=C/CCCCCCCCCCC. The molecule has 0 aliphatic heterocycles. The van der Waals surface area contributed by atoms with Gasteiger partial charge in [-0.05, 0) is 89.9 Å². The summed E-state index contributed by atoms with van der Waals surface area (Å²) in [7, 11) is 0. The molecule has 0 spiro atoms. The predicted molar refractivity (Wildman–Crippen MR) is 329 cm³/mol. The van der Waals surface area contributed by atoms with Crippen molar-refractivity contribution in [2.75, 3.05) is 13.2 Å². The fourth-order valence-corrected chi connectivity index (χ4v) is 10.2. The summed E-state index contributed by atoms with van der Waals surface area (Å²) in [6.45, 7) is 4.89. The van der Waals surface area contributed by atoms with Crippen LogP contribution < -0.4 is 5.32 Å². The fraction of sp³-hybridized carbons (Fsp3) is 0.855. The lowest BCUT2D eigenvalue weighted by Crippen LogP contribution is -2.45. The number of hydrogen-bond donors (Lipinski definition) is 3. The molecule has 2 atom stereocenters. The van der Waals surface area contributed by atoms with Gasteiger partial charge in [-0.15, -0.1) is 0 Å². The highest BCUT2D eigenvalue weighted by Crippen LogP contribution is 2.17. The lowest BCUT2D eigenvalue weighted by atomic mass is 10.0. The summed E-state index contributed by atoms with van der Waals surface area (Å²) >= 11 is 0. The number of allylic oxidation sites excluding steroid dienone is 7. The largest absolute Gasteiger partial charge is 0.466 e. The first-order valence-corrected chi connectivity index (χ1v) is 33.4. The summed E-state index contributed by atoms with van der Waals surface area (Å²) in [6, 6.07) is -0.626. The molecule has 0 aliphatic carbocycles. The number of carbonyl (C=O) groups is 2. The van der Waals surface area contributed by atoms with E-state index in [1.54, 1.807) is 6.08 Å². The molecular formula is C69H129NO5. The smallest absolute Gasteiger partial charge is 0.305 e. The molecule has 1 amide bonds. The summed E-state index contributed by atoms with van der Waals surface area (Å²) in [5, 5.41) is 23.0. The van der Waals surface area contributed by atoms with Gasteiger partial charge in [-0.25, -0.2) is 0 Å². The Hall–Kier alpha value is -2.18. The van der Waals surface area contributed by atoms with E-state index in [0.717, 1.165) is 51.4 Å². The van der Waals surface area contributed by atoms with Crippen LogP contribution in [0, 0.1) is 0 Å². The van der Waals surface area contributed by atoms with Crippen molar-refractivity contribution < 1.29 is 24.5 Å². The molecular weight excluding hydrogens is 923 g/mol. The highest BCUT2D eigenvalue weighted by molar-refractivity contribution is 5.76. The van der Waals surface area contributed by atoms with Crippen LogP contribution in [0.4, 0.5) is 0 Å². The van der Waals surface area contributed by atoms with Crippen molar-refractivity contribution in [1.82, 2.24) is 5.32 Å². The van der Waals surface area contributed by atoms with E-state index >= 15 is 0 Å². The number of unbranched alkanes of at least 4 members (excludes halogenated alkanes) is 45. The van der Waals surface area contributed by atoms with Crippen molar-refractivity contribution in [3.8, 4) is 0 Å². The number of aliphatic hydroxyl groups excluding tert-OH is 2. The zero-order valence-corrected chi connectivity index (χ0v) is 50.3. The van der Waals surface area contributed by atoms with Gasteiger partial charge in [-0.3, -0.25) is 9.59 Å². The second kappa shape index (κ2) is 64.3. The normalized spacial score (nSPS) is 12.9. The summed E-state index contributed by atoms with van der Waals surface area (Å²) in [6.07, 6.45) is 83.3. The maximum atomic E-state index is 12.4. The maximum Gasteiger partial charge on any atom is 0.305 e. The van der Waals surface area contributed by atoms with Crippen LogP contribution in [0.15, 0.2) is 48.6 Å². The van der Waals surface area contributed by atoms with E-state index in [1.807, 2.05) is 6.08 Å². The lowest BCUT2D eigenvalue weighted by Gasteiger charge is -2.20. The summed E-state index contributed by atoms with van der Waals surface area (Å²) < 4.78 is 5.49. The topological polar surface area (TPSA) is 95.9 Å². The Bertz CT molecular complexity index is 1260. The molecule has 0 saturated heterocycles. The van der Waals surface area contributed by atoms with Gasteiger partial charge < -0.3 is 20.3 Å².